The average molecular weight is 520 g/mol. The van der Waals surface area contributed by atoms with Crippen molar-refractivity contribution in [2.45, 2.75) is 37.6 Å². The summed E-state index contributed by atoms with van der Waals surface area (Å²) in [5.41, 5.74) is -0.999. The number of aliphatic hydroxyl groups excluding tert-OH is 3. The van der Waals surface area contributed by atoms with Crippen molar-refractivity contribution in [3.05, 3.63) is 40.6 Å². The second-order valence-electron chi connectivity index (χ2n) is 8.22. The number of ether oxygens (including phenoxy) is 4. The summed E-state index contributed by atoms with van der Waals surface area (Å²) in [6, 6.07) is 6.41. The Hall–Kier alpha value is -4.04. The van der Waals surface area contributed by atoms with E-state index in [9.17, 15) is 40.2 Å². The lowest BCUT2D eigenvalue weighted by Gasteiger charge is -2.39. The Morgan fingerprint density at radius 1 is 1.00 bits per heavy atom. The van der Waals surface area contributed by atoms with E-state index < -0.39 is 77.1 Å². The molecule has 4 rings (SSSR count). The summed E-state index contributed by atoms with van der Waals surface area (Å²) < 4.78 is 26.7. The molecule has 1 aliphatic rings. The fourth-order valence-electron chi connectivity index (χ4n) is 3.86. The lowest BCUT2D eigenvalue weighted by atomic mass is 9.99. The summed E-state index contributed by atoms with van der Waals surface area (Å²) in [5.74, 6) is -3.28. The van der Waals surface area contributed by atoms with Crippen molar-refractivity contribution in [1.82, 2.24) is 0 Å². The monoisotopic (exact) mass is 520 g/mol. The highest BCUT2D eigenvalue weighted by molar-refractivity contribution is 5.91. The molecule has 5 atom stereocenters. The number of methoxy groups -OCH3 is 1. The van der Waals surface area contributed by atoms with E-state index in [2.05, 4.69) is 0 Å². The van der Waals surface area contributed by atoms with E-state index in [0.29, 0.717) is 0 Å². The van der Waals surface area contributed by atoms with Gasteiger partial charge in [-0.3, -0.25) is 9.59 Å². The number of aromatic hydroxyl groups is 3. The molecule has 6 N–H and O–H groups in total. The third-order valence-corrected chi connectivity index (χ3v) is 5.74. The van der Waals surface area contributed by atoms with Gasteiger partial charge in [0.15, 0.2) is 17.3 Å². The van der Waals surface area contributed by atoms with Crippen molar-refractivity contribution >= 4 is 16.9 Å². The molecule has 13 heteroatoms. The largest absolute Gasteiger partial charge is 0.508 e. The van der Waals surface area contributed by atoms with Crippen molar-refractivity contribution < 1.29 is 58.8 Å². The summed E-state index contributed by atoms with van der Waals surface area (Å²) >= 11 is 0. The molecule has 0 bridgehead atoms. The van der Waals surface area contributed by atoms with Crippen LogP contribution in [0.1, 0.15) is 6.92 Å². The number of hydrogen-bond acceptors (Lipinski definition) is 13. The molecule has 3 aromatic rings. The van der Waals surface area contributed by atoms with Gasteiger partial charge in [0.25, 0.3) is 0 Å². The normalized spacial score (nSPS) is 23.5. The number of phenolic OH excluding ortho intramolecular Hbond substituents is 3. The SMILES string of the molecule is COc1c(O)cc2oc(-c3ccc(O)cc3)c(O[C@@H]3O[C@@H](COC(C)=O)[C@H](O)[C@H](O)[C@@H]3O)c(=O)c2c1O. The van der Waals surface area contributed by atoms with E-state index in [4.69, 9.17) is 23.4 Å². The Labute approximate surface area is 208 Å². The number of carbonyl (C=O) groups excluding carboxylic acids is 1. The molecular weight excluding hydrogens is 496 g/mol. The summed E-state index contributed by atoms with van der Waals surface area (Å²) in [6.45, 7) is 0.631. The van der Waals surface area contributed by atoms with Gasteiger partial charge in [-0.2, -0.15) is 0 Å². The number of rotatable bonds is 6. The third-order valence-electron chi connectivity index (χ3n) is 5.74. The van der Waals surface area contributed by atoms with Gasteiger partial charge in [0.1, 0.15) is 47.7 Å². The summed E-state index contributed by atoms with van der Waals surface area (Å²) in [7, 11) is 1.16. The molecule has 0 unspecified atom stereocenters. The first-order chi connectivity index (χ1) is 17.5. The van der Waals surface area contributed by atoms with Crippen LogP contribution in [0.2, 0.25) is 0 Å². The zero-order valence-electron chi connectivity index (χ0n) is 19.5. The van der Waals surface area contributed by atoms with Crippen LogP contribution in [0.15, 0.2) is 39.5 Å². The number of aliphatic hydroxyl groups is 3. The van der Waals surface area contributed by atoms with Gasteiger partial charge in [-0.05, 0) is 24.3 Å². The number of hydrogen-bond donors (Lipinski definition) is 6. The van der Waals surface area contributed by atoms with Gasteiger partial charge in [-0.1, -0.05) is 0 Å². The van der Waals surface area contributed by atoms with Crippen LogP contribution < -0.4 is 14.9 Å². The van der Waals surface area contributed by atoms with Crippen LogP contribution in [0.3, 0.4) is 0 Å². The fourth-order valence-corrected chi connectivity index (χ4v) is 3.86. The van der Waals surface area contributed by atoms with Gasteiger partial charge >= 0.3 is 5.97 Å². The molecule has 2 aromatic carbocycles. The molecular formula is C24H24O13. The highest BCUT2D eigenvalue weighted by Gasteiger charge is 2.46. The van der Waals surface area contributed by atoms with Gasteiger partial charge in [0.05, 0.1) is 7.11 Å². The molecule has 1 aromatic heterocycles. The second kappa shape index (κ2) is 10.1. The van der Waals surface area contributed by atoms with Crippen molar-refractivity contribution in [3.63, 3.8) is 0 Å². The summed E-state index contributed by atoms with van der Waals surface area (Å²) in [4.78, 5) is 24.8. The van der Waals surface area contributed by atoms with Gasteiger partial charge in [0.2, 0.25) is 23.2 Å². The van der Waals surface area contributed by atoms with E-state index in [1.807, 2.05) is 0 Å². The smallest absolute Gasteiger partial charge is 0.302 e. The number of esters is 1. The van der Waals surface area contributed by atoms with Crippen LogP contribution in [-0.4, -0.2) is 81.0 Å². The zero-order valence-corrected chi connectivity index (χ0v) is 19.5. The maximum absolute atomic E-state index is 13.6. The molecule has 0 aliphatic carbocycles. The number of carbonyl (C=O) groups is 1. The quantitative estimate of drug-likeness (QED) is 0.243. The Morgan fingerprint density at radius 3 is 2.30 bits per heavy atom. The van der Waals surface area contributed by atoms with E-state index >= 15 is 0 Å². The molecule has 2 heterocycles. The molecule has 0 radical (unpaired) electrons. The molecule has 1 saturated heterocycles. The number of phenols is 3. The first kappa shape index (κ1) is 26.0. The maximum Gasteiger partial charge on any atom is 0.302 e. The van der Waals surface area contributed by atoms with Crippen LogP contribution in [0.25, 0.3) is 22.3 Å². The minimum Gasteiger partial charge on any atom is -0.508 e. The van der Waals surface area contributed by atoms with Crippen molar-refractivity contribution in [1.29, 1.82) is 0 Å². The van der Waals surface area contributed by atoms with E-state index in [-0.39, 0.29) is 22.7 Å². The van der Waals surface area contributed by atoms with Crippen molar-refractivity contribution in [2.75, 3.05) is 13.7 Å². The lowest BCUT2D eigenvalue weighted by molar-refractivity contribution is -0.278. The minimum absolute atomic E-state index is 0.0918. The molecule has 37 heavy (non-hydrogen) atoms. The molecule has 198 valence electrons. The predicted octanol–water partition coefficient (Wildman–Crippen LogP) is 0.335. The maximum atomic E-state index is 13.6. The molecule has 0 spiro atoms. The molecule has 0 saturated carbocycles. The van der Waals surface area contributed by atoms with E-state index in [1.165, 1.54) is 24.3 Å². The van der Waals surface area contributed by atoms with Gasteiger partial charge < -0.3 is 54.0 Å². The Bertz CT molecular complexity index is 1360. The molecule has 0 amide bonds. The summed E-state index contributed by atoms with van der Waals surface area (Å²) in [6.07, 6.45) is -8.43. The predicted molar refractivity (Wildman–Crippen MR) is 123 cm³/mol. The van der Waals surface area contributed by atoms with Gasteiger partial charge in [-0.25, -0.2) is 0 Å². The highest BCUT2D eigenvalue weighted by atomic mass is 16.7. The Kier molecular flexibility index (Phi) is 7.14. The van der Waals surface area contributed by atoms with Crippen molar-refractivity contribution in [3.8, 4) is 40.1 Å². The van der Waals surface area contributed by atoms with Gasteiger partial charge in [-0.15, -0.1) is 0 Å². The Morgan fingerprint density at radius 2 is 1.68 bits per heavy atom. The minimum atomic E-state index is -1.87. The first-order valence-electron chi connectivity index (χ1n) is 10.9. The van der Waals surface area contributed by atoms with Crippen LogP contribution in [0.5, 0.6) is 28.7 Å². The van der Waals surface area contributed by atoms with Crippen molar-refractivity contribution in [2.24, 2.45) is 0 Å². The standard InChI is InChI=1S/C24H24O13/c1-9(25)34-8-14-16(28)19(31)20(32)24(36-14)37-23-18(30)15-13(7-12(27)22(33-2)17(15)29)35-21(23)10-3-5-11(26)6-4-10/h3-7,14,16,19-20,24,26-29,31-32H,8H2,1-2H3/t14-,16-,19-,20-,24-/m0/s1. The van der Waals surface area contributed by atoms with Crippen LogP contribution in [-0.2, 0) is 14.3 Å². The zero-order chi connectivity index (χ0) is 27.0. The highest BCUT2D eigenvalue weighted by Crippen LogP contribution is 2.43. The lowest BCUT2D eigenvalue weighted by Crippen LogP contribution is -2.60. The number of benzene rings is 2. The van der Waals surface area contributed by atoms with E-state index in [1.54, 1.807) is 0 Å². The van der Waals surface area contributed by atoms with Crippen LogP contribution >= 0.6 is 0 Å². The average Bonchev–Trinajstić information content (AvgIpc) is 2.85. The Balaban J connectivity index is 1.86. The van der Waals surface area contributed by atoms with E-state index in [0.717, 1.165) is 20.1 Å². The topological polar surface area (TPSA) is 206 Å². The fraction of sp³-hybridized carbons (Fsp3) is 0.333. The van der Waals surface area contributed by atoms with Gasteiger partial charge in [0, 0.05) is 18.6 Å². The molecule has 13 nitrogen and oxygen atoms in total. The molecule has 1 aliphatic heterocycles. The first-order valence-corrected chi connectivity index (χ1v) is 10.9. The number of fused-ring (bicyclic) bond motifs is 1. The molecule has 1 fully saturated rings. The van der Waals surface area contributed by atoms with Crippen LogP contribution in [0.4, 0.5) is 0 Å². The summed E-state index contributed by atoms with van der Waals surface area (Å²) in [5, 5.41) is 61.0. The van der Waals surface area contributed by atoms with Crippen LogP contribution in [0, 0.1) is 0 Å². The third kappa shape index (κ3) is 4.84. The second-order valence-corrected chi connectivity index (χ2v) is 8.22.